The average molecular weight is 208 g/mol. The van der Waals surface area contributed by atoms with Crippen LogP contribution in [0.1, 0.15) is 19.5 Å². The molecule has 0 N–H and O–H groups in total. The molecule has 0 fully saturated rings. The minimum absolute atomic E-state index is 0.421. The monoisotopic (exact) mass is 208 g/mol. The van der Waals surface area contributed by atoms with Gasteiger partial charge < -0.3 is 4.74 Å². The summed E-state index contributed by atoms with van der Waals surface area (Å²) in [5.74, 6) is -0.491. The Bertz CT molecular complexity index is 276. The van der Waals surface area contributed by atoms with Crippen LogP contribution in [-0.2, 0) is 0 Å². The van der Waals surface area contributed by atoms with Crippen LogP contribution in [0, 0.1) is 6.92 Å². The van der Waals surface area contributed by atoms with Gasteiger partial charge in [-0.2, -0.15) is 0 Å². The van der Waals surface area contributed by atoms with Crippen molar-refractivity contribution in [3.63, 3.8) is 0 Å². The molecular weight excluding hydrogens is 197 g/mol. The Balaban J connectivity index is 0.000000791. The molecule has 6 heteroatoms. The van der Waals surface area contributed by atoms with Gasteiger partial charge in [-0.1, -0.05) is 13.8 Å². The predicted molar refractivity (Wildman–Crippen MR) is 44.8 cm³/mol. The molecule has 1 rings (SSSR count). The Morgan fingerprint density at radius 2 is 1.79 bits per heavy atom. The van der Waals surface area contributed by atoms with Crippen molar-refractivity contribution in [2.45, 2.75) is 27.1 Å². The molecule has 0 atom stereocenters. The molecule has 0 aliphatic heterocycles. The largest absolute Gasteiger partial charge is 0.574 e. The Morgan fingerprint density at radius 1 is 1.21 bits per heavy atom. The molecule has 0 amide bonds. The minimum atomic E-state index is -4.69. The van der Waals surface area contributed by atoms with Gasteiger partial charge >= 0.3 is 6.36 Å². The summed E-state index contributed by atoms with van der Waals surface area (Å²) in [5.41, 5.74) is 0.421. The fraction of sp³-hybridized carbons (Fsp3) is 0.500. The molecule has 0 aliphatic carbocycles. The molecule has 0 unspecified atom stereocenters. The van der Waals surface area contributed by atoms with Crippen molar-refractivity contribution in [1.82, 2.24) is 9.97 Å². The fourth-order valence-electron chi connectivity index (χ4n) is 0.604. The Hall–Kier alpha value is -1.33. The van der Waals surface area contributed by atoms with Crippen LogP contribution >= 0.6 is 0 Å². The van der Waals surface area contributed by atoms with Crippen LogP contribution in [-0.4, -0.2) is 16.3 Å². The maximum Gasteiger partial charge on any atom is 0.574 e. The van der Waals surface area contributed by atoms with Crippen molar-refractivity contribution >= 4 is 0 Å². The number of ether oxygens (including phenoxy) is 1. The predicted octanol–water partition coefficient (Wildman–Crippen LogP) is 2.71. The van der Waals surface area contributed by atoms with E-state index in [1.54, 1.807) is 6.92 Å². The maximum atomic E-state index is 11.6. The van der Waals surface area contributed by atoms with Gasteiger partial charge in [0.05, 0.1) is 0 Å². The van der Waals surface area contributed by atoms with Crippen molar-refractivity contribution in [1.29, 1.82) is 0 Å². The Morgan fingerprint density at radius 3 is 2.21 bits per heavy atom. The van der Waals surface area contributed by atoms with Gasteiger partial charge in [-0.25, -0.2) is 9.97 Å². The molecule has 80 valence electrons. The number of aromatic nitrogens is 2. The molecule has 14 heavy (non-hydrogen) atoms. The van der Waals surface area contributed by atoms with Gasteiger partial charge in [0.15, 0.2) is 0 Å². The highest BCUT2D eigenvalue weighted by Gasteiger charge is 2.31. The third-order valence-corrected chi connectivity index (χ3v) is 0.999. The van der Waals surface area contributed by atoms with Gasteiger partial charge in [0.1, 0.15) is 6.33 Å². The molecule has 1 aromatic rings. The lowest BCUT2D eigenvalue weighted by atomic mass is 10.4. The summed E-state index contributed by atoms with van der Waals surface area (Å²) in [6.07, 6.45) is -3.68. The van der Waals surface area contributed by atoms with E-state index in [1.165, 1.54) is 0 Å². The maximum absolute atomic E-state index is 11.6. The molecule has 0 aliphatic rings. The molecule has 0 saturated heterocycles. The first-order valence-electron chi connectivity index (χ1n) is 4.02. The van der Waals surface area contributed by atoms with Gasteiger partial charge in [0, 0.05) is 11.8 Å². The van der Waals surface area contributed by atoms with Crippen LogP contribution < -0.4 is 4.74 Å². The summed E-state index contributed by atoms with van der Waals surface area (Å²) in [6, 6.07) is 1.10. The van der Waals surface area contributed by atoms with Crippen LogP contribution in [0.2, 0.25) is 0 Å². The summed E-state index contributed by atoms with van der Waals surface area (Å²) < 4.78 is 38.3. The number of rotatable bonds is 1. The van der Waals surface area contributed by atoms with E-state index in [0.29, 0.717) is 5.69 Å². The first-order chi connectivity index (χ1) is 6.47. The molecule has 0 radical (unpaired) electrons. The second-order valence-corrected chi connectivity index (χ2v) is 2.05. The molecule has 0 spiro atoms. The van der Waals surface area contributed by atoms with Gasteiger partial charge in [0.2, 0.25) is 5.88 Å². The molecule has 1 heterocycles. The highest BCUT2D eigenvalue weighted by molar-refractivity contribution is 5.11. The second-order valence-electron chi connectivity index (χ2n) is 2.05. The second kappa shape index (κ2) is 5.41. The van der Waals surface area contributed by atoms with E-state index in [1.807, 2.05) is 13.8 Å². The smallest absolute Gasteiger partial charge is 0.388 e. The lowest BCUT2D eigenvalue weighted by molar-refractivity contribution is -0.276. The molecule has 1 aromatic heterocycles. The first kappa shape index (κ1) is 12.7. The molecule has 0 bridgehead atoms. The van der Waals surface area contributed by atoms with Crippen LogP contribution in [0.4, 0.5) is 13.2 Å². The van der Waals surface area contributed by atoms with Crippen LogP contribution in [0.15, 0.2) is 12.4 Å². The van der Waals surface area contributed by atoms with E-state index in [0.717, 1.165) is 12.4 Å². The average Bonchev–Trinajstić information content (AvgIpc) is 2.04. The molecule has 0 saturated carbocycles. The zero-order chi connectivity index (χ0) is 11.2. The van der Waals surface area contributed by atoms with Crippen LogP contribution in [0.5, 0.6) is 5.88 Å². The van der Waals surface area contributed by atoms with Crippen molar-refractivity contribution in [3.8, 4) is 5.88 Å². The number of halogens is 3. The van der Waals surface area contributed by atoms with Gasteiger partial charge in [0.25, 0.3) is 0 Å². The van der Waals surface area contributed by atoms with E-state index in [9.17, 15) is 13.2 Å². The van der Waals surface area contributed by atoms with Crippen molar-refractivity contribution in [2.24, 2.45) is 0 Å². The number of alkyl halides is 3. The number of aryl methyl sites for hydroxylation is 1. The summed E-state index contributed by atoms with van der Waals surface area (Å²) in [6.45, 7) is 5.55. The van der Waals surface area contributed by atoms with E-state index < -0.39 is 12.2 Å². The summed E-state index contributed by atoms with van der Waals surface area (Å²) in [4.78, 5) is 6.88. The van der Waals surface area contributed by atoms with Crippen LogP contribution in [0.25, 0.3) is 0 Å². The van der Waals surface area contributed by atoms with E-state index in [-0.39, 0.29) is 0 Å². The summed E-state index contributed by atoms with van der Waals surface area (Å²) in [5, 5.41) is 0. The van der Waals surface area contributed by atoms with Gasteiger partial charge in [-0.3, -0.25) is 0 Å². The van der Waals surface area contributed by atoms with Gasteiger partial charge in [-0.05, 0) is 6.92 Å². The normalized spacial score (nSPS) is 10.1. The van der Waals surface area contributed by atoms with Crippen molar-refractivity contribution < 1.29 is 17.9 Å². The minimum Gasteiger partial charge on any atom is -0.388 e. The van der Waals surface area contributed by atoms with E-state index in [2.05, 4.69) is 14.7 Å². The van der Waals surface area contributed by atoms with E-state index in [4.69, 9.17) is 0 Å². The van der Waals surface area contributed by atoms with E-state index >= 15 is 0 Å². The number of hydrogen-bond acceptors (Lipinski definition) is 3. The third kappa shape index (κ3) is 5.34. The number of hydrogen-bond donors (Lipinski definition) is 0. The molecule has 3 nitrogen and oxygen atoms in total. The zero-order valence-electron chi connectivity index (χ0n) is 8.09. The molecular formula is C8H11F3N2O. The zero-order valence-corrected chi connectivity index (χ0v) is 8.09. The standard InChI is InChI=1S/C6H5F3N2O.C2H6/c1-4-2-5(11-3-10-4)12-6(7,8)9;1-2/h2-3H,1H3;1-2H3. The Labute approximate surface area is 79.9 Å². The Kier molecular flexibility index (Phi) is 4.90. The summed E-state index contributed by atoms with van der Waals surface area (Å²) in [7, 11) is 0. The lowest BCUT2D eigenvalue weighted by Gasteiger charge is -2.06. The van der Waals surface area contributed by atoms with Crippen molar-refractivity contribution in [2.75, 3.05) is 0 Å². The highest BCUT2D eigenvalue weighted by Crippen LogP contribution is 2.19. The lowest BCUT2D eigenvalue weighted by Crippen LogP contribution is -2.18. The SMILES string of the molecule is CC.Cc1cc(OC(F)(F)F)ncn1. The highest BCUT2D eigenvalue weighted by atomic mass is 19.4. The fourth-order valence-corrected chi connectivity index (χ4v) is 0.604. The number of nitrogens with zero attached hydrogens (tertiary/aromatic N) is 2. The molecule has 0 aromatic carbocycles. The quantitative estimate of drug-likeness (QED) is 0.711. The van der Waals surface area contributed by atoms with Crippen LogP contribution in [0.3, 0.4) is 0 Å². The summed E-state index contributed by atoms with van der Waals surface area (Å²) >= 11 is 0. The topological polar surface area (TPSA) is 35.0 Å². The van der Waals surface area contributed by atoms with Gasteiger partial charge in [-0.15, -0.1) is 13.2 Å². The third-order valence-electron chi connectivity index (χ3n) is 0.999. The van der Waals surface area contributed by atoms with Crippen molar-refractivity contribution in [3.05, 3.63) is 18.1 Å². The first-order valence-corrected chi connectivity index (χ1v) is 4.02.